The highest BCUT2D eigenvalue weighted by Crippen LogP contribution is 2.42. The number of anilines is 1. The summed E-state index contributed by atoms with van der Waals surface area (Å²) in [4.78, 5) is 27.8. The van der Waals surface area contributed by atoms with Crippen LogP contribution >= 0.6 is 11.6 Å². The number of nitrogens with one attached hydrogen (secondary N) is 1. The quantitative estimate of drug-likeness (QED) is 0.328. The number of carbonyl (C=O) groups is 2. The predicted molar refractivity (Wildman–Crippen MR) is 169 cm³/mol. The van der Waals surface area contributed by atoms with Gasteiger partial charge >= 0.3 is 16.2 Å². The Labute approximate surface area is 264 Å². The standard InChI is InChI=1S/C33H40ClN3O6S/c1-22(38)43-31-9-4-7-28-8-5-17-37(28)44(40,41)35-33(39)24-12-15-32-30(19-24)36(20-25-11-14-29(25)31)16-3-2-6-23-18-27(34)13-10-26(23)21-42-32/h4,9-10,12-13,15,18-19,25,28-29,31H,2-3,5-8,11,14,16-17,20-21H2,1H3,(H,35,39)/b9-4+/t25-,28+,29+,31-/m0/s1. The van der Waals surface area contributed by atoms with Crippen molar-refractivity contribution in [1.82, 2.24) is 9.03 Å². The van der Waals surface area contributed by atoms with Crippen LogP contribution in [0.25, 0.3) is 0 Å². The molecular weight excluding hydrogens is 602 g/mol. The summed E-state index contributed by atoms with van der Waals surface area (Å²) in [5.74, 6) is 0.0523. The van der Waals surface area contributed by atoms with Gasteiger partial charge in [0.15, 0.2) is 0 Å². The third-order valence-corrected chi connectivity index (χ3v) is 11.3. The van der Waals surface area contributed by atoms with Crippen LogP contribution in [0.3, 0.4) is 0 Å². The van der Waals surface area contributed by atoms with Crippen LogP contribution in [0.2, 0.25) is 5.02 Å². The van der Waals surface area contributed by atoms with E-state index in [1.54, 1.807) is 18.2 Å². The summed E-state index contributed by atoms with van der Waals surface area (Å²) in [6, 6.07) is 10.7. The van der Waals surface area contributed by atoms with Gasteiger partial charge < -0.3 is 14.4 Å². The summed E-state index contributed by atoms with van der Waals surface area (Å²) in [5, 5.41) is 0.697. The first kappa shape index (κ1) is 30.9. The van der Waals surface area contributed by atoms with Crippen molar-refractivity contribution in [2.24, 2.45) is 11.8 Å². The van der Waals surface area contributed by atoms with Gasteiger partial charge in [0.25, 0.3) is 5.91 Å². The van der Waals surface area contributed by atoms with E-state index in [0.717, 1.165) is 55.5 Å². The average Bonchev–Trinajstić information content (AvgIpc) is 3.43. The van der Waals surface area contributed by atoms with Crippen LogP contribution in [0, 0.1) is 11.8 Å². The Morgan fingerprint density at radius 3 is 2.70 bits per heavy atom. The fourth-order valence-corrected chi connectivity index (χ4v) is 8.66. The largest absolute Gasteiger partial charge is 0.487 e. The van der Waals surface area contributed by atoms with E-state index in [1.807, 2.05) is 30.4 Å². The van der Waals surface area contributed by atoms with E-state index in [0.29, 0.717) is 49.7 Å². The fraction of sp³-hybridized carbons (Fsp3) is 0.515. The molecule has 1 aliphatic carbocycles. The molecule has 0 spiro atoms. The molecule has 6 rings (SSSR count). The molecule has 9 nitrogen and oxygen atoms in total. The molecule has 236 valence electrons. The number of aryl methyl sites for hydroxylation is 1. The van der Waals surface area contributed by atoms with Crippen molar-refractivity contribution in [1.29, 1.82) is 0 Å². The van der Waals surface area contributed by atoms with Gasteiger partial charge in [0.1, 0.15) is 18.5 Å². The molecule has 2 bridgehead atoms. The molecule has 1 N–H and O–H groups in total. The van der Waals surface area contributed by atoms with Gasteiger partial charge in [0.2, 0.25) is 0 Å². The summed E-state index contributed by atoms with van der Waals surface area (Å²) >= 11 is 6.32. The van der Waals surface area contributed by atoms with Crippen LogP contribution in [-0.4, -0.2) is 56.4 Å². The molecule has 3 aliphatic heterocycles. The van der Waals surface area contributed by atoms with Crippen LogP contribution < -0.4 is 14.4 Å². The third-order valence-electron chi connectivity index (χ3n) is 9.48. The first-order valence-electron chi connectivity index (χ1n) is 15.6. The predicted octanol–water partition coefficient (Wildman–Crippen LogP) is 5.42. The molecule has 4 atom stereocenters. The second kappa shape index (κ2) is 13.1. The van der Waals surface area contributed by atoms with Gasteiger partial charge in [-0.25, -0.2) is 4.72 Å². The van der Waals surface area contributed by atoms with Crippen molar-refractivity contribution >= 4 is 39.4 Å². The van der Waals surface area contributed by atoms with Crippen LogP contribution in [0.15, 0.2) is 48.6 Å². The molecule has 11 heteroatoms. The van der Waals surface area contributed by atoms with Crippen LogP contribution in [0.1, 0.15) is 73.4 Å². The zero-order chi connectivity index (χ0) is 30.8. The maximum absolute atomic E-state index is 13.4. The van der Waals surface area contributed by atoms with Gasteiger partial charge in [-0.15, -0.1) is 0 Å². The number of esters is 1. The smallest absolute Gasteiger partial charge is 0.304 e. The number of ether oxygens (including phenoxy) is 2. The minimum Gasteiger partial charge on any atom is -0.487 e. The maximum Gasteiger partial charge on any atom is 0.304 e. The fourth-order valence-electron chi connectivity index (χ4n) is 7.04. The Morgan fingerprint density at radius 1 is 1.05 bits per heavy atom. The average molecular weight is 642 g/mol. The van der Waals surface area contributed by atoms with E-state index < -0.39 is 16.1 Å². The van der Waals surface area contributed by atoms with Gasteiger partial charge in [-0.05, 0) is 105 Å². The third kappa shape index (κ3) is 6.77. The number of halogens is 1. The van der Waals surface area contributed by atoms with E-state index in [9.17, 15) is 18.0 Å². The number of hydrogen-bond donors (Lipinski definition) is 1. The summed E-state index contributed by atoms with van der Waals surface area (Å²) in [7, 11) is -4.07. The highest BCUT2D eigenvalue weighted by molar-refractivity contribution is 7.87. The lowest BCUT2D eigenvalue weighted by Crippen LogP contribution is -2.46. The second-order valence-electron chi connectivity index (χ2n) is 12.4. The number of nitrogens with zero attached hydrogens (tertiary/aromatic N) is 2. The van der Waals surface area contributed by atoms with Crippen LogP contribution in [-0.2, 0) is 32.8 Å². The van der Waals surface area contributed by atoms with Gasteiger partial charge in [-0.3, -0.25) is 9.59 Å². The first-order chi connectivity index (χ1) is 21.2. The molecule has 3 heterocycles. The molecule has 4 aliphatic rings. The van der Waals surface area contributed by atoms with Crippen molar-refractivity contribution in [2.75, 3.05) is 24.5 Å². The Hall–Kier alpha value is -3.08. The molecule has 1 saturated carbocycles. The van der Waals surface area contributed by atoms with E-state index in [1.165, 1.54) is 11.2 Å². The topological polar surface area (TPSA) is 105 Å². The molecule has 0 unspecified atom stereocenters. The lowest BCUT2D eigenvalue weighted by atomic mass is 9.70. The van der Waals surface area contributed by atoms with Crippen molar-refractivity contribution in [2.45, 2.75) is 77.0 Å². The number of amides is 1. The molecule has 2 fully saturated rings. The lowest BCUT2D eigenvalue weighted by molar-refractivity contribution is -0.149. The van der Waals surface area contributed by atoms with Gasteiger partial charge in [0.05, 0.1) is 5.69 Å². The lowest BCUT2D eigenvalue weighted by Gasteiger charge is -2.43. The Bertz CT molecular complexity index is 1550. The normalized spacial score (nSPS) is 28.0. The molecule has 2 aromatic rings. The Balaban J connectivity index is 1.39. The summed E-state index contributed by atoms with van der Waals surface area (Å²) in [6.45, 7) is 3.54. The number of rotatable bonds is 1. The van der Waals surface area contributed by atoms with Gasteiger partial charge in [-0.2, -0.15) is 12.7 Å². The molecule has 44 heavy (non-hydrogen) atoms. The highest BCUT2D eigenvalue weighted by Gasteiger charge is 2.40. The number of hydrogen-bond acceptors (Lipinski definition) is 7. The minimum absolute atomic E-state index is 0.145. The number of carbonyl (C=O) groups excluding carboxylic acids is 2. The number of benzene rings is 2. The molecule has 0 radical (unpaired) electrons. The minimum atomic E-state index is -4.07. The van der Waals surface area contributed by atoms with Crippen molar-refractivity contribution in [3.63, 3.8) is 0 Å². The highest BCUT2D eigenvalue weighted by atomic mass is 35.5. The zero-order valence-electron chi connectivity index (χ0n) is 25.0. The second-order valence-corrected chi connectivity index (χ2v) is 14.4. The molecule has 0 aromatic heterocycles. The van der Waals surface area contributed by atoms with Crippen LogP contribution in [0.4, 0.5) is 5.69 Å². The summed E-state index contributed by atoms with van der Waals surface area (Å²) < 4.78 is 42.8. The maximum atomic E-state index is 13.4. The van der Waals surface area contributed by atoms with E-state index in [-0.39, 0.29) is 35.5 Å². The molecular formula is C33H40ClN3O6S. The summed E-state index contributed by atoms with van der Waals surface area (Å²) in [6.07, 6.45) is 10.1. The molecule has 2 aromatic carbocycles. The Morgan fingerprint density at radius 2 is 1.91 bits per heavy atom. The van der Waals surface area contributed by atoms with Crippen molar-refractivity contribution in [3.05, 3.63) is 70.3 Å². The van der Waals surface area contributed by atoms with E-state index in [2.05, 4.69) is 9.62 Å². The molecule has 1 amide bonds. The zero-order valence-corrected chi connectivity index (χ0v) is 26.6. The van der Waals surface area contributed by atoms with Crippen molar-refractivity contribution < 1.29 is 27.5 Å². The van der Waals surface area contributed by atoms with Gasteiger partial charge in [-0.1, -0.05) is 23.7 Å². The van der Waals surface area contributed by atoms with Gasteiger partial charge in [0, 0.05) is 49.1 Å². The van der Waals surface area contributed by atoms with Crippen LogP contribution in [0.5, 0.6) is 5.75 Å². The SMILES string of the molecule is CC(=O)O[C@H]1/C=C/C[C@@H]2CCCN2S(=O)(=O)NC(=O)c2ccc3c(c2)N(CCCCc2cc(Cl)ccc2CO3)C[C@@H]2CC[C@H]21. The summed E-state index contributed by atoms with van der Waals surface area (Å²) in [5.41, 5.74) is 3.23. The van der Waals surface area contributed by atoms with E-state index in [4.69, 9.17) is 21.1 Å². The van der Waals surface area contributed by atoms with E-state index >= 15 is 0 Å². The number of fused-ring (bicyclic) bond motifs is 4. The van der Waals surface area contributed by atoms with Crippen molar-refractivity contribution in [3.8, 4) is 5.75 Å². The molecule has 1 saturated heterocycles. The monoisotopic (exact) mass is 641 g/mol. The Kier molecular flexibility index (Phi) is 9.21. The first-order valence-corrected chi connectivity index (χ1v) is 17.5.